The number of carboxylic acids is 1. The molecule has 0 rings (SSSR count). The number of rotatable bonds is 5. The van der Waals surface area contributed by atoms with Crippen LogP contribution in [-0.2, 0) is 9.59 Å². The molecule has 0 aromatic rings. The van der Waals surface area contributed by atoms with Crippen LogP contribution in [0.25, 0.3) is 0 Å². The molecule has 0 saturated heterocycles. The first-order valence-corrected chi connectivity index (χ1v) is 4.52. The molecule has 0 aromatic heterocycles. The van der Waals surface area contributed by atoms with Crippen molar-refractivity contribution in [3.8, 4) is 12.3 Å². The largest absolute Gasteiger partial charge is 0.481 e. The van der Waals surface area contributed by atoms with Crippen LogP contribution in [-0.4, -0.2) is 23.0 Å². The molecule has 0 aliphatic heterocycles. The Balaban J connectivity index is 4.17. The summed E-state index contributed by atoms with van der Waals surface area (Å²) in [4.78, 5) is 21.7. The lowest BCUT2D eigenvalue weighted by atomic mass is 10.1. The lowest BCUT2D eigenvalue weighted by Gasteiger charge is -2.13. The summed E-state index contributed by atoms with van der Waals surface area (Å²) >= 11 is 0. The van der Waals surface area contributed by atoms with Gasteiger partial charge in [0.15, 0.2) is 0 Å². The highest BCUT2D eigenvalue weighted by Crippen LogP contribution is 1.99. The fourth-order valence-corrected chi connectivity index (χ4v) is 0.895. The molecular weight excluding hydrogens is 182 g/mol. The van der Waals surface area contributed by atoms with Crippen molar-refractivity contribution in [1.29, 1.82) is 0 Å². The lowest BCUT2D eigenvalue weighted by molar-refractivity contribution is -0.146. The van der Waals surface area contributed by atoms with Gasteiger partial charge in [-0.25, -0.2) is 0 Å². The molecule has 0 heterocycles. The minimum Gasteiger partial charge on any atom is -0.481 e. The van der Waals surface area contributed by atoms with E-state index in [2.05, 4.69) is 11.2 Å². The van der Waals surface area contributed by atoms with Crippen LogP contribution in [0, 0.1) is 18.3 Å². The van der Waals surface area contributed by atoms with E-state index < -0.39 is 17.8 Å². The second-order valence-corrected chi connectivity index (χ2v) is 3.08. The first kappa shape index (κ1) is 12.5. The smallest absolute Gasteiger partial charge is 0.315 e. The standard InChI is InChI=1S/C10H15NO3/c1-4-6-8(5-2)11-9(12)7(3)10(13)14/h2,7-8H,4,6H2,1,3H3,(H,11,12)(H,13,14). The second-order valence-electron chi connectivity index (χ2n) is 3.08. The Bertz CT molecular complexity index is 255. The molecule has 0 radical (unpaired) electrons. The monoisotopic (exact) mass is 197 g/mol. The Morgan fingerprint density at radius 2 is 2.14 bits per heavy atom. The van der Waals surface area contributed by atoms with Crippen LogP contribution in [0.3, 0.4) is 0 Å². The van der Waals surface area contributed by atoms with Crippen LogP contribution in [0.2, 0.25) is 0 Å². The molecule has 2 unspecified atom stereocenters. The first-order chi connectivity index (χ1) is 6.52. The van der Waals surface area contributed by atoms with E-state index in [-0.39, 0.29) is 6.04 Å². The zero-order valence-electron chi connectivity index (χ0n) is 8.41. The fourth-order valence-electron chi connectivity index (χ4n) is 0.895. The van der Waals surface area contributed by atoms with Crippen molar-refractivity contribution in [2.24, 2.45) is 5.92 Å². The number of hydrogen-bond donors (Lipinski definition) is 2. The van der Waals surface area contributed by atoms with E-state index in [0.717, 1.165) is 6.42 Å². The zero-order valence-corrected chi connectivity index (χ0v) is 8.41. The highest BCUT2D eigenvalue weighted by Gasteiger charge is 2.21. The summed E-state index contributed by atoms with van der Waals surface area (Å²) in [6, 6.07) is -0.366. The van der Waals surface area contributed by atoms with Crippen LogP contribution in [0.5, 0.6) is 0 Å². The highest BCUT2D eigenvalue weighted by atomic mass is 16.4. The van der Waals surface area contributed by atoms with Gasteiger partial charge in [0.1, 0.15) is 5.92 Å². The van der Waals surface area contributed by atoms with Gasteiger partial charge in [0.25, 0.3) is 0 Å². The van der Waals surface area contributed by atoms with Gasteiger partial charge in [0.2, 0.25) is 5.91 Å². The predicted octanol–water partition coefficient (Wildman–Crippen LogP) is 0.625. The number of hydrogen-bond acceptors (Lipinski definition) is 2. The number of amides is 1. The fraction of sp³-hybridized carbons (Fsp3) is 0.600. The summed E-state index contributed by atoms with van der Waals surface area (Å²) in [7, 11) is 0. The maximum absolute atomic E-state index is 11.2. The van der Waals surface area contributed by atoms with Crippen molar-refractivity contribution in [3.63, 3.8) is 0 Å². The average Bonchev–Trinajstić information content (AvgIpc) is 2.15. The molecule has 1 amide bonds. The number of terminal acetylenes is 1. The summed E-state index contributed by atoms with van der Waals surface area (Å²) in [6.07, 6.45) is 6.68. The number of nitrogens with one attached hydrogen (secondary N) is 1. The molecule has 2 atom stereocenters. The quantitative estimate of drug-likeness (QED) is 0.501. The van der Waals surface area contributed by atoms with Gasteiger partial charge in [0, 0.05) is 0 Å². The van der Waals surface area contributed by atoms with Crippen LogP contribution in [0.15, 0.2) is 0 Å². The van der Waals surface area contributed by atoms with Gasteiger partial charge in [-0.15, -0.1) is 6.42 Å². The molecule has 0 aliphatic rings. The third-order valence-electron chi connectivity index (χ3n) is 1.86. The third kappa shape index (κ3) is 3.94. The summed E-state index contributed by atoms with van der Waals surface area (Å²) in [5, 5.41) is 11.0. The zero-order chi connectivity index (χ0) is 11.1. The Morgan fingerprint density at radius 1 is 1.57 bits per heavy atom. The second kappa shape index (κ2) is 6.03. The number of carbonyl (C=O) groups is 2. The number of aliphatic carboxylic acids is 1. The van der Waals surface area contributed by atoms with Gasteiger partial charge in [-0.05, 0) is 13.3 Å². The van der Waals surface area contributed by atoms with E-state index in [1.165, 1.54) is 6.92 Å². The maximum atomic E-state index is 11.2. The van der Waals surface area contributed by atoms with E-state index in [1.54, 1.807) is 0 Å². The summed E-state index contributed by atoms with van der Waals surface area (Å²) < 4.78 is 0. The Kier molecular flexibility index (Phi) is 5.38. The average molecular weight is 197 g/mol. The molecule has 4 heteroatoms. The van der Waals surface area contributed by atoms with Gasteiger partial charge >= 0.3 is 5.97 Å². The van der Waals surface area contributed by atoms with Crippen LogP contribution in [0.4, 0.5) is 0 Å². The minimum absolute atomic E-state index is 0.366. The summed E-state index contributed by atoms with van der Waals surface area (Å²) in [5.74, 6) is -0.327. The van der Waals surface area contributed by atoms with Crippen LogP contribution >= 0.6 is 0 Å². The van der Waals surface area contributed by atoms with Crippen molar-refractivity contribution in [2.45, 2.75) is 32.7 Å². The molecule has 0 aliphatic carbocycles. The third-order valence-corrected chi connectivity index (χ3v) is 1.86. The van der Waals surface area contributed by atoms with Crippen molar-refractivity contribution < 1.29 is 14.7 Å². The maximum Gasteiger partial charge on any atom is 0.315 e. The topological polar surface area (TPSA) is 66.4 Å². The van der Waals surface area contributed by atoms with Gasteiger partial charge in [-0.2, -0.15) is 0 Å². The van der Waals surface area contributed by atoms with Crippen molar-refractivity contribution in [2.75, 3.05) is 0 Å². The van der Waals surface area contributed by atoms with E-state index in [1.807, 2.05) is 6.92 Å². The van der Waals surface area contributed by atoms with E-state index in [4.69, 9.17) is 11.5 Å². The predicted molar refractivity (Wildman–Crippen MR) is 52.5 cm³/mol. The molecule has 0 fully saturated rings. The molecule has 0 saturated carbocycles. The SMILES string of the molecule is C#CC(CCC)NC(=O)C(C)C(=O)O. The Morgan fingerprint density at radius 3 is 2.50 bits per heavy atom. The summed E-state index contributed by atoms with van der Waals surface area (Å²) in [5.41, 5.74) is 0. The summed E-state index contributed by atoms with van der Waals surface area (Å²) in [6.45, 7) is 3.27. The van der Waals surface area contributed by atoms with Crippen LogP contribution in [0.1, 0.15) is 26.7 Å². The minimum atomic E-state index is -1.14. The molecule has 14 heavy (non-hydrogen) atoms. The van der Waals surface area contributed by atoms with E-state index in [9.17, 15) is 9.59 Å². The molecule has 0 aromatic carbocycles. The normalized spacial score (nSPS) is 13.8. The van der Waals surface area contributed by atoms with Crippen molar-refractivity contribution in [1.82, 2.24) is 5.32 Å². The van der Waals surface area contributed by atoms with Crippen molar-refractivity contribution in [3.05, 3.63) is 0 Å². The Labute approximate surface area is 83.7 Å². The molecule has 4 nitrogen and oxygen atoms in total. The Hall–Kier alpha value is -1.50. The molecular formula is C10H15NO3. The van der Waals surface area contributed by atoms with Crippen molar-refractivity contribution >= 4 is 11.9 Å². The highest BCUT2D eigenvalue weighted by molar-refractivity contribution is 5.96. The number of carbonyl (C=O) groups excluding carboxylic acids is 1. The number of carboxylic acid groups (broad SMARTS) is 1. The van der Waals surface area contributed by atoms with E-state index >= 15 is 0 Å². The lowest BCUT2D eigenvalue weighted by Crippen LogP contribution is -2.39. The first-order valence-electron chi connectivity index (χ1n) is 4.52. The van der Waals surface area contributed by atoms with Gasteiger partial charge in [0.05, 0.1) is 6.04 Å². The molecule has 78 valence electrons. The molecule has 0 bridgehead atoms. The van der Waals surface area contributed by atoms with Gasteiger partial charge < -0.3 is 10.4 Å². The molecule has 2 N–H and O–H groups in total. The molecule has 0 spiro atoms. The van der Waals surface area contributed by atoms with Gasteiger partial charge in [-0.3, -0.25) is 9.59 Å². The van der Waals surface area contributed by atoms with Crippen LogP contribution < -0.4 is 5.32 Å². The van der Waals surface area contributed by atoms with Gasteiger partial charge in [-0.1, -0.05) is 19.3 Å². The van der Waals surface area contributed by atoms with E-state index in [0.29, 0.717) is 6.42 Å².